The minimum absolute atomic E-state index is 0.118. The SMILES string of the molecule is O=C(CCCc1nc(C2CC2)no1)NCCCN1CCNCC1. The van der Waals surface area contributed by atoms with Gasteiger partial charge in [0.15, 0.2) is 5.82 Å². The van der Waals surface area contributed by atoms with Gasteiger partial charge in [0.2, 0.25) is 11.8 Å². The minimum Gasteiger partial charge on any atom is -0.356 e. The van der Waals surface area contributed by atoms with Crippen LogP contribution in [0.25, 0.3) is 0 Å². The van der Waals surface area contributed by atoms with Gasteiger partial charge in [-0.15, -0.1) is 0 Å². The molecule has 0 radical (unpaired) electrons. The molecule has 7 nitrogen and oxygen atoms in total. The fourth-order valence-corrected chi connectivity index (χ4v) is 2.83. The van der Waals surface area contributed by atoms with Crippen LogP contribution in [0.1, 0.15) is 49.7 Å². The van der Waals surface area contributed by atoms with E-state index in [-0.39, 0.29) is 5.91 Å². The molecule has 2 aliphatic rings. The summed E-state index contributed by atoms with van der Waals surface area (Å²) in [7, 11) is 0. The van der Waals surface area contributed by atoms with Gasteiger partial charge >= 0.3 is 0 Å². The largest absolute Gasteiger partial charge is 0.356 e. The highest BCUT2D eigenvalue weighted by molar-refractivity contribution is 5.75. The number of aryl methyl sites for hydroxylation is 1. The van der Waals surface area contributed by atoms with E-state index in [0.717, 1.165) is 57.9 Å². The van der Waals surface area contributed by atoms with Crippen molar-refractivity contribution in [3.8, 4) is 0 Å². The van der Waals surface area contributed by atoms with E-state index in [1.54, 1.807) is 0 Å². The Morgan fingerprint density at radius 3 is 2.91 bits per heavy atom. The molecule has 1 aromatic heterocycles. The van der Waals surface area contributed by atoms with Crippen molar-refractivity contribution in [3.05, 3.63) is 11.7 Å². The van der Waals surface area contributed by atoms with Crippen molar-refractivity contribution in [2.24, 2.45) is 0 Å². The number of hydrogen-bond acceptors (Lipinski definition) is 6. The third-order valence-electron chi connectivity index (χ3n) is 4.40. The zero-order valence-electron chi connectivity index (χ0n) is 13.7. The average molecular weight is 321 g/mol. The van der Waals surface area contributed by atoms with Gasteiger partial charge in [0, 0.05) is 51.5 Å². The molecule has 2 N–H and O–H groups in total. The van der Waals surface area contributed by atoms with Crippen molar-refractivity contribution >= 4 is 5.91 Å². The Morgan fingerprint density at radius 2 is 2.13 bits per heavy atom. The number of nitrogens with one attached hydrogen (secondary N) is 2. The first-order chi connectivity index (χ1) is 11.3. The number of nitrogens with zero attached hydrogens (tertiary/aromatic N) is 3. The van der Waals surface area contributed by atoms with Crippen LogP contribution in [0.5, 0.6) is 0 Å². The smallest absolute Gasteiger partial charge is 0.226 e. The van der Waals surface area contributed by atoms with E-state index < -0.39 is 0 Å². The summed E-state index contributed by atoms with van der Waals surface area (Å²) in [4.78, 5) is 18.6. The van der Waals surface area contributed by atoms with Gasteiger partial charge in [-0.2, -0.15) is 4.98 Å². The Labute approximate surface area is 137 Å². The van der Waals surface area contributed by atoms with Crippen molar-refractivity contribution in [2.45, 2.75) is 44.4 Å². The molecule has 1 saturated heterocycles. The van der Waals surface area contributed by atoms with E-state index >= 15 is 0 Å². The molecule has 128 valence electrons. The first-order valence-electron chi connectivity index (χ1n) is 8.83. The van der Waals surface area contributed by atoms with Crippen molar-refractivity contribution in [1.29, 1.82) is 0 Å². The summed E-state index contributed by atoms with van der Waals surface area (Å²) in [6.07, 6.45) is 5.34. The standard InChI is InChI=1S/C16H27N5O2/c22-14(18-7-2-10-21-11-8-17-9-12-21)3-1-4-15-19-16(20-23-15)13-5-6-13/h13,17H,1-12H2,(H,18,22). The van der Waals surface area contributed by atoms with E-state index in [0.29, 0.717) is 24.7 Å². The van der Waals surface area contributed by atoms with E-state index in [1.165, 1.54) is 12.8 Å². The molecule has 7 heteroatoms. The highest BCUT2D eigenvalue weighted by atomic mass is 16.5. The van der Waals surface area contributed by atoms with E-state index in [1.807, 2.05) is 0 Å². The van der Waals surface area contributed by atoms with Crippen LogP contribution >= 0.6 is 0 Å². The summed E-state index contributed by atoms with van der Waals surface area (Å²) in [6, 6.07) is 0. The maximum Gasteiger partial charge on any atom is 0.226 e. The molecular weight excluding hydrogens is 294 g/mol. The molecule has 0 atom stereocenters. The van der Waals surface area contributed by atoms with Crippen LogP contribution in [-0.2, 0) is 11.2 Å². The zero-order chi connectivity index (χ0) is 15.9. The van der Waals surface area contributed by atoms with Crippen molar-refractivity contribution in [3.63, 3.8) is 0 Å². The number of amides is 1. The van der Waals surface area contributed by atoms with Crippen LogP contribution < -0.4 is 10.6 Å². The van der Waals surface area contributed by atoms with Crippen molar-refractivity contribution in [2.75, 3.05) is 39.3 Å². The van der Waals surface area contributed by atoms with E-state index in [2.05, 4.69) is 25.7 Å². The van der Waals surface area contributed by atoms with Gasteiger partial charge in [-0.1, -0.05) is 5.16 Å². The Bertz CT molecular complexity index is 494. The molecule has 2 fully saturated rings. The van der Waals surface area contributed by atoms with Crippen molar-refractivity contribution in [1.82, 2.24) is 25.7 Å². The van der Waals surface area contributed by atoms with Gasteiger partial charge < -0.3 is 20.1 Å². The second-order valence-electron chi connectivity index (χ2n) is 6.47. The molecule has 1 aliphatic carbocycles. The number of carbonyl (C=O) groups excluding carboxylic acids is 1. The second kappa shape index (κ2) is 8.40. The zero-order valence-corrected chi connectivity index (χ0v) is 13.7. The number of piperazine rings is 1. The molecule has 0 unspecified atom stereocenters. The van der Waals surface area contributed by atoms with Crippen LogP contribution in [0.3, 0.4) is 0 Å². The first kappa shape index (κ1) is 16.4. The maximum atomic E-state index is 11.8. The summed E-state index contributed by atoms with van der Waals surface area (Å²) in [6.45, 7) is 6.19. The lowest BCUT2D eigenvalue weighted by Crippen LogP contribution is -2.44. The molecule has 2 heterocycles. The summed E-state index contributed by atoms with van der Waals surface area (Å²) < 4.78 is 5.21. The normalized spacial score (nSPS) is 19.0. The van der Waals surface area contributed by atoms with Gasteiger partial charge in [-0.25, -0.2) is 0 Å². The Morgan fingerprint density at radius 1 is 1.30 bits per heavy atom. The molecule has 0 spiro atoms. The molecule has 0 aromatic carbocycles. The molecule has 0 bridgehead atoms. The predicted molar refractivity (Wildman–Crippen MR) is 86.1 cm³/mol. The highest BCUT2D eigenvalue weighted by Gasteiger charge is 2.28. The molecule has 1 aromatic rings. The summed E-state index contributed by atoms with van der Waals surface area (Å²) >= 11 is 0. The van der Waals surface area contributed by atoms with Crippen molar-refractivity contribution < 1.29 is 9.32 Å². The lowest BCUT2D eigenvalue weighted by molar-refractivity contribution is -0.121. The quantitative estimate of drug-likeness (QED) is 0.651. The minimum atomic E-state index is 0.118. The second-order valence-corrected chi connectivity index (χ2v) is 6.47. The number of rotatable bonds is 9. The van der Waals surface area contributed by atoms with Crippen LogP contribution in [0, 0.1) is 0 Å². The predicted octanol–water partition coefficient (Wildman–Crippen LogP) is 0.681. The molecule has 1 saturated carbocycles. The Balaban J connectivity index is 1.21. The monoisotopic (exact) mass is 321 g/mol. The summed E-state index contributed by atoms with van der Waals surface area (Å²) in [5, 5.41) is 10.3. The molecule has 1 amide bonds. The fraction of sp³-hybridized carbons (Fsp3) is 0.812. The van der Waals surface area contributed by atoms with Gasteiger partial charge in [-0.05, 0) is 32.2 Å². The van der Waals surface area contributed by atoms with Crippen LogP contribution in [0.2, 0.25) is 0 Å². The van der Waals surface area contributed by atoms with E-state index in [4.69, 9.17) is 4.52 Å². The lowest BCUT2D eigenvalue weighted by atomic mass is 10.2. The molecule has 3 rings (SSSR count). The summed E-state index contributed by atoms with van der Waals surface area (Å²) in [5.41, 5.74) is 0. The van der Waals surface area contributed by atoms with E-state index in [9.17, 15) is 4.79 Å². The highest BCUT2D eigenvalue weighted by Crippen LogP contribution is 2.38. The fourth-order valence-electron chi connectivity index (χ4n) is 2.83. The molecule has 23 heavy (non-hydrogen) atoms. The van der Waals surface area contributed by atoms with Gasteiger partial charge in [0.05, 0.1) is 0 Å². The molecular formula is C16H27N5O2. The topological polar surface area (TPSA) is 83.3 Å². The first-order valence-corrected chi connectivity index (χ1v) is 8.83. The van der Waals surface area contributed by atoms with Gasteiger partial charge in [0.25, 0.3) is 0 Å². The van der Waals surface area contributed by atoms with Gasteiger partial charge in [0.1, 0.15) is 0 Å². The summed E-state index contributed by atoms with van der Waals surface area (Å²) in [5.74, 6) is 2.15. The maximum absolute atomic E-state index is 11.8. The third-order valence-corrected chi connectivity index (χ3v) is 4.40. The van der Waals surface area contributed by atoms with Crippen LogP contribution in [-0.4, -0.2) is 60.2 Å². The Hall–Kier alpha value is -1.47. The number of carbonyl (C=O) groups is 1. The third kappa shape index (κ3) is 5.58. The van der Waals surface area contributed by atoms with Crippen LogP contribution in [0.4, 0.5) is 0 Å². The van der Waals surface area contributed by atoms with Gasteiger partial charge in [-0.3, -0.25) is 4.79 Å². The lowest BCUT2D eigenvalue weighted by Gasteiger charge is -2.27. The van der Waals surface area contributed by atoms with Crippen LogP contribution in [0.15, 0.2) is 4.52 Å². The molecule has 1 aliphatic heterocycles. The number of hydrogen-bond donors (Lipinski definition) is 2. The number of aromatic nitrogens is 2. The Kier molecular flexibility index (Phi) is 5.99. The average Bonchev–Trinajstić information content (AvgIpc) is 3.32.